The fraction of sp³-hybridized carbons (Fsp3) is 0. The molecule has 3 aromatic carbocycles. The van der Waals surface area contributed by atoms with Crippen LogP contribution in [0.25, 0.3) is 0 Å². The number of hydrogen-bond acceptors (Lipinski definition) is 3. The summed E-state index contributed by atoms with van der Waals surface area (Å²) in [6.45, 7) is 0. The number of ether oxygens (including phenoxy) is 1. The molecule has 0 saturated carbocycles. The highest BCUT2D eigenvalue weighted by Gasteiger charge is 2.12. The van der Waals surface area contributed by atoms with E-state index < -0.39 is 5.97 Å². The summed E-state index contributed by atoms with van der Waals surface area (Å²) in [5.41, 5.74) is 1.03. The van der Waals surface area contributed by atoms with Crippen LogP contribution in [-0.4, -0.2) is 11.9 Å². The lowest BCUT2D eigenvalue weighted by Gasteiger charge is -2.09. The number of rotatable bonds is 4. The standard InChI is InChI=1S/C20H11Cl4NO3/c21-15-6-4-11(8-17(15)23)19(26)25-13-2-1-3-14(10-13)28-20(27)12-5-7-16(22)18(24)9-12/h1-10H,(H,25,26). The van der Waals surface area contributed by atoms with E-state index in [-0.39, 0.29) is 27.3 Å². The normalized spacial score (nSPS) is 10.4. The molecule has 0 radical (unpaired) electrons. The summed E-state index contributed by atoms with van der Waals surface area (Å²) >= 11 is 23.6. The number of halogens is 4. The van der Waals surface area contributed by atoms with Crippen LogP contribution in [0.15, 0.2) is 60.7 Å². The summed E-state index contributed by atoms with van der Waals surface area (Å²) in [7, 11) is 0. The van der Waals surface area contributed by atoms with E-state index in [1.54, 1.807) is 24.3 Å². The predicted molar refractivity (Wildman–Crippen MR) is 112 cm³/mol. The molecule has 1 N–H and O–H groups in total. The second kappa shape index (κ2) is 8.84. The van der Waals surface area contributed by atoms with Crippen molar-refractivity contribution in [1.82, 2.24) is 0 Å². The van der Waals surface area contributed by atoms with E-state index in [9.17, 15) is 9.59 Å². The molecule has 0 fully saturated rings. The van der Waals surface area contributed by atoms with Crippen LogP contribution < -0.4 is 10.1 Å². The number of anilines is 1. The van der Waals surface area contributed by atoms with E-state index in [2.05, 4.69) is 5.32 Å². The van der Waals surface area contributed by atoms with Crippen molar-refractivity contribution < 1.29 is 14.3 Å². The quantitative estimate of drug-likeness (QED) is 0.349. The van der Waals surface area contributed by atoms with Crippen LogP contribution in [0.4, 0.5) is 5.69 Å². The van der Waals surface area contributed by atoms with Gasteiger partial charge in [0.05, 0.1) is 25.7 Å². The molecule has 0 aliphatic carbocycles. The first-order valence-corrected chi connectivity index (χ1v) is 9.38. The number of carbonyl (C=O) groups is 2. The zero-order valence-corrected chi connectivity index (χ0v) is 17.0. The minimum atomic E-state index is -0.605. The topological polar surface area (TPSA) is 55.4 Å². The summed E-state index contributed by atoms with van der Waals surface area (Å²) in [6, 6.07) is 15.4. The highest BCUT2D eigenvalue weighted by Crippen LogP contribution is 2.25. The smallest absolute Gasteiger partial charge is 0.343 e. The molecule has 0 aromatic heterocycles. The Balaban J connectivity index is 1.72. The molecule has 1 amide bonds. The largest absolute Gasteiger partial charge is 0.423 e. The van der Waals surface area contributed by atoms with Gasteiger partial charge in [0.15, 0.2) is 0 Å². The molecule has 8 heteroatoms. The summed E-state index contributed by atoms with van der Waals surface area (Å²) in [4.78, 5) is 24.6. The van der Waals surface area contributed by atoms with Gasteiger partial charge in [-0.25, -0.2) is 4.79 Å². The summed E-state index contributed by atoms with van der Waals surface area (Å²) in [5.74, 6) is -0.735. The minimum Gasteiger partial charge on any atom is -0.423 e. The number of hydrogen-bond donors (Lipinski definition) is 1. The van der Waals surface area contributed by atoms with E-state index in [1.165, 1.54) is 36.4 Å². The lowest BCUT2D eigenvalue weighted by Crippen LogP contribution is -2.12. The van der Waals surface area contributed by atoms with Crippen LogP contribution in [0.3, 0.4) is 0 Å². The molecule has 0 spiro atoms. The average molecular weight is 455 g/mol. The second-order valence-corrected chi connectivity index (χ2v) is 7.26. The molecule has 142 valence electrons. The maximum atomic E-state index is 12.4. The fourth-order valence-electron chi connectivity index (χ4n) is 2.27. The van der Waals surface area contributed by atoms with Crippen molar-refractivity contribution in [3.63, 3.8) is 0 Å². The first-order valence-electron chi connectivity index (χ1n) is 7.87. The van der Waals surface area contributed by atoms with Crippen LogP contribution in [0.5, 0.6) is 5.75 Å². The van der Waals surface area contributed by atoms with Crippen molar-refractivity contribution in [2.75, 3.05) is 5.32 Å². The molecular formula is C20H11Cl4NO3. The fourth-order valence-corrected chi connectivity index (χ4v) is 2.86. The molecule has 0 saturated heterocycles. The van der Waals surface area contributed by atoms with Crippen LogP contribution in [0, 0.1) is 0 Å². The van der Waals surface area contributed by atoms with Crippen molar-refractivity contribution in [2.24, 2.45) is 0 Å². The SMILES string of the molecule is O=C(Nc1cccc(OC(=O)c2ccc(Cl)c(Cl)c2)c1)c1ccc(Cl)c(Cl)c1. The summed E-state index contributed by atoms with van der Waals surface area (Å²) in [5, 5.41) is 3.92. The molecule has 3 aromatic rings. The highest BCUT2D eigenvalue weighted by molar-refractivity contribution is 6.42. The zero-order chi connectivity index (χ0) is 20.3. The predicted octanol–water partition coefficient (Wildman–Crippen LogP) is 6.77. The molecule has 0 bridgehead atoms. The number of esters is 1. The van der Waals surface area contributed by atoms with E-state index in [0.29, 0.717) is 21.3 Å². The minimum absolute atomic E-state index is 0.249. The molecule has 0 atom stereocenters. The van der Waals surface area contributed by atoms with E-state index >= 15 is 0 Å². The van der Waals surface area contributed by atoms with Crippen molar-refractivity contribution in [3.05, 3.63) is 91.9 Å². The van der Waals surface area contributed by atoms with Gasteiger partial charge in [-0.1, -0.05) is 52.5 Å². The number of carbonyl (C=O) groups excluding carboxylic acids is 2. The number of nitrogens with one attached hydrogen (secondary N) is 1. The van der Waals surface area contributed by atoms with Crippen LogP contribution in [0.1, 0.15) is 20.7 Å². The lowest BCUT2D eigenvalue weighted by molar-refractivity contribution is 0.0735. The van der Waals surface area contributed by atoms with Gasteiger partial charge in [0, 0.05) is 17.3 Å². The molecule has 4 nitrogen and oxygen atoms in total. The van der Waals surface area contributed by atoms with Gasteiger partial charge >= 0.3 is 5.97 Å². The Morgan fingerprint density at radius 3 is 1.96 bits per heavy atom. The average Bonchev–Trinajstić information content (AvgIpc) is 2.66. The first kappa shape index (κ1) is 20.5. The Labute approximate surface area is 180 Å². The third-order valence-electron chi connectivity index (χ3n) is 3.64. The van der Waals surface area contributed by atoms with Gasteiger partial charge in [0.25, 0.3) is 5.91 Å². The Morgan fingerprint density at radius 2 is 1.32 bits per heavy atom. The van der Waals surface area contributed by atoms with E-state index in [4.69, 9.17) is 51.1 Å². The van der Waals surface area contributed by atoms with Crippen molar-refractivity contribution in [2.45, 2.75) is 0 Å². The third-order valence-corrected chi connectivity index (χ3v) is 5.12. The van der Waals surface area contributed by atoms with Gasteiger partial charge in [-0.15, -0.1) is 0 Å². The Hall–Kier alpha value is -2.24. The molecule has 0 unspecified atom stereocenters. The Morgan fingerprint density at radius 1 is 0.714 bits per heavy atom. The van der Waals surface area contributed by atoms with E-state index in [1.807, 2.05) is 0 Å². The maximum absolute atomic E-state index is 12.4. The Bertz CT molecular complexity index is 988. The molecule has 3 rings (SSSR count). The molecule has 28 heavy (non-hydrogen) atoms. The van der Waals surface area contributed by atoms with Crippen molar-refractivity contribution in [3.8, 4) is 5.75 Å². The number of amides is 1. The first-order chi connectivity index (χ1) is 13.3. The molecule has 0 heterocycles. The highest BCUT2D eigenvalue weighted by atomic mass is 35.5. The van der Waals surface area contributed by atoms with Crippen LogP contribution in [0.2, 0.25) is 20.1 Å². The molecule has 0 aliphatic rings. The maximum Gasteiger partial charge on any atom is 0.343 e. The monoisotopic (exact) mass is 453 g/mol. The van der Waals surface area contributed by atoms with Gasteiger partial charge < -0.3 is 10.1 Å². The zero-order valence-electron chi connectivity index (χ0n) is 14.0. The van der Waals surface area contributed by atoms with Gasteiger partial charge in [-0.2, -0.15) is 0 Å². The second-order valence-electron chi connectivity index (χ2n) is 5.63. The third kappa shape index (κ3) is 4.97. The Kier molecular flexibility index (Phi) is 6.47. The van der Waals surface area contributed by atoms with Crippen LogP contribution >= 0.6 is 46.4 Å². The lowest BCUT2D eigenvalue weighted by atomic mass is 10.2. The van der Waals surface area contributed by atoms with Crippen molar-refractivity contribution in [1.29, 1.82) is 0 Å². The van der Waals surface area contributed by atoms with Gasteiger partial charge in [0.2, 0.25) is 0 Å². The van der Waals surface area contributed by atoms with Crippen molar-refractivity contribution >= 4 is 64.0 Å². The van der Waals surface area contributed by atoms with Gasteiger partial charge in [-0.05, 0) is 48.5 Å². The van der Waals surface area contributed by atoms with Gasteiger partial charge in [-0.3, -0.25) is 4.79 Å². The van der Waals surface area contributed by atoms with Crippen LogP contribution in [-0.2, 0) is 0 Å². The summed E-state index contributed by atoms with van der Waals surface area (Å²) < 4.78 is 5.33. The van der Waals surface area contributed by atoms with Gasteiger partial charge in [0.1, 0.15) is 5.75 Å². The van der Waals surface area contributed by atoms with E-state index in [0.717, 1.165) is 0 Å². The molecule has 0 aliphatic heterocycles. The summed E-state index contributed by atoms with van der Waals surface area (Å²) in [6.07, 6.45) is 0. The number of benzene rings is 3. The molecular weight excluding hydrogens is 444 g/mol.